The van der Waals surface area contributed by atoms with Gasteiger partial charge in [-0.2, -0.15) is 0 Å². The van der Waals surface area contributed by atoms with Crippen molar-refractivity contribution in [1.82, 2.24) is 4.90 Å². The van der Waals surface area contributed by atoms with Crippen LogP contribution in [0.25, 0.3) is 0 Å². The van der Waals surface area contributed by atoms with Gasteiger partial charge < -0.3 is 15.3 Å². The first-order valence-electron chi connectivity index (χ1n) is 5.97. The second kappa shape index (κ2) is 6.64. The molecule has 0 aromatic heterocycles. The number of halogens is 1. The average Bonchev–Trinajstić information content (AvgIpc) is 2.37. The number of hydrogen-bond donors (Lipinski definition) is 2. The van der Waals surface area contributed by atoms with Crippen LogP contribution in [0.15, 0.2) is 18.2 Å². The van der Waals surface area contributed by atoms with E-state index in [-0.39, 0.29) is 12.1 Å². The monoisotopic (exact) mass is 299 g/mol. The number of nitro groups is 1. The van der Waals surface area contributed by atoms with E-state index in [1.54, 1.807) is 6.92 Å². The predicted octanol–water partition coefficient (Wildman–Crippen LogP) is 2.06. The van der Waals surface area contributed by atoms with E-state index in [4.69, 9.17) is 5.11 Å². The van der Waals surface area contributed by atoms with E-state index >= 15 is 0 Å². The largest absolute Gasteiger partial charge is 0.480 e. The van der Waals surface area contributed by atoms with Crippen molar-refractivity contribution >= 4 is 23.4 Å². The van der Waals surface area contributed by atoms with Crippen molar-refractivity contribution in [3.05, 3.63) is 34.1 Å². The van der Waals surface area contributed by atoms with E-state index in [1.165, 1.54) is 7.05 Å². The molecule has 0 heterocycles. The first-order valence-corrected chi connectivity index (χ1v) is 5.97. The Morgan fingerprint density at radius 2 is 2.10 bits per heavy atom. The van der Waals surface area contributed by atoms with Crippen molar-refractivity contribution in [3.63, 3.8) is 0 Å². The molecule has 0 bridgehead atoms. The third kappa shape index (κ3) is 4.13. The van der Waals surface area contributed by atoms with Gasteiger partial charge in [-0.25, -0.2) is 14.0 Å². The number of carbonyl (C=O) groups is 2. The molecule has 2 N–H and O–H groups in total. The van der Waals surface area contributed by atoms with Crippen LogP contribution in [0.5, 0.6) is 0 Å². The number of rotatable bonds is 5. The molecule has 0 radical (unpaired) electrons. The quantitative estimate of drug-likeness (QED) is 0.638. The Labute approximate surface area is 119 Å². The van der Waals surface area contributed by atoms with Crippen LogP contribution in [0, 0.1) is 15.9 Å². The van der Waals surface area contributed by atoms with Crippen molar-refractivity contribution in [2.24, 2.45) is 0 Å². The minimum absolute atomic E-state index is 0.126. The van der Waals surface area contributed by atoms with E-state index in [0.717, 1.165) is 17.0 Å². The number of carboxylic acids is 1. The van der Waals surface area contributed by atoms with Gasteiger partial charge in [0.05, 0.1) is 16.7 Å². The number of benzene rings is 1. The van der Waals surface area contributed by atoms with Gasteiger partial charge in [0, 0.05) is 13.1 Å². The number of urea groups is 1. The molecular weight excluding hydrogens is 285 g/mol. The average molecular weight is 299 g/mol. The minimum atomic E-state index is -1.18. The number of aliphatic carboxylic acids is 1. The lowest BCUT2D eigenvalue weighted by atomic mass is 10.2. The number of anilines is 1. The molecule has 9 heteroatoms. The Morgan fingerprint density at radius 3 is 2.57 bits per heavy atom. The first kappa shape index (κ1) is 16.3. The topological polar surface area (TPSA) is 113 Å². The van der Waals surface area contributed by atoms with E-state index in [1.807, 2.05) is 0 Å². The number of non-ortho nitro benzene ring substituents is 1. The van der Waals surface area contributed by atoms with Crippen LogP contribution >= 0.6 is 0 Å². The second-order valence-electron chi connectivity index (χ2n) is 4.26. The third-order valence-corrected chi connectivity index (χ3v) is 2.80. The minimum Gasteiger partial charge on any atom is -0.480 e. The summed E-state index contributed by atoms with van der Waals surface area (Å²) in [6.07, 6.45) is 0.183. The van der Waals surface area contributed by atoms with Gasteiger partial charge in [-0.15, -0.1) is 0 Å². The molecule has 2 amide bonds. The summed E-state index contributed by atoms with van der Waals surface area (Å²) >= 11 is 0. The molecule has 1 aromatic carbocycles. The fourth-order valence-corrected chi connectivity index (χ4v) is 1.72. The molecule has 0 aliphatic carbocycles. The number of carbonyl (C=O) groups excluding carboxylic acids is 1. The van der Waals surface area contributed by atoms with Crippen molar-refractivity contribution in [2.75, 3.05) is 12.4 Å². The van der Waals surface area contributed by atoms with Gasteiger partial charge in [0.2, 0.25) is 0 Å². The number of nitrogens with one attached hydrogen (secondary N) is 1. The molecule has 0 aliphatic rings. The highest BCUT2D eigenvalue weighted by Gasteiger charge is 2.25. The highest BCUT2D eigenvalue weighted by molar-refractivity contribution is 5.92. The highest BCUT2D eigenvalue weighted by Crippen LogP contribution is 2.20. The van der Waals surface area contributed by atoms with Crippen LogP contribution < -0.4 is 5.32 Å². The van der Waals surface area contributed by atoms with Crippen LogP contribution in [-0.2, 0) is 4.79 Å². The molecule has 1 rings (SSSR count). The lowest BCUT2D eigenvalue weighted by molar-refractivity contribution is -0.385. The fraction of sp³-hybridized carbons (Fsp3) is 0.333. The summed E-state index contributed by atoms with van der Waals surface area (Å²) in [7, 11) is 1.27. The van der Waals surface area contributed by atoms with Gasteiger partial charge in [-0.3, -0.25) is 10.1 Å². The number of carboxylic acid groups (broad SMARTS) is 1. The SMILES string of the molecule is CCC(C(=O)O)N(C)C(=O)Nc1cc(F)cc([N+](=O)[O-])c1. The number of nitrogens with zero attached hydrogens (tertiary/aromatic N) is 2. The van der Waals surface area contributed by atoms with Gasteiger partial charge in [0.1, 0.15) is 11.9 Å². The van der Waals surface area contributed by atoms with Crippen LogP contribution in [0.1, 0.15) is 13.3 Å². The molecule has 0 saturated carbocycles. The number of amides is 2. The summed E-state index contributed by atoms with van der Waals surface area (Å²) in [5.41, 5.74) is -0.642. The zero-order chi connectivity index (χ0) is 16.2. The van der Waals surface area contributed by atoms with Crippen molar-refractivity contribution in [3.8, 4) is 0 Å². The maximum atomic E-state index is 13.2. The van der Waals surface area contributed by atoms with Gasteiger partial charge in [0.25, 0.3) is 5.69 Å². The fourth-order valence-electron chi connectivity index (χ4n) is 1.72. The smallest absolute Gasteiger partial charge is 0.326 e. The van der Waals surface area contributed by atoms with Crippen LogP contribution in [-0.4, -0.2) is 40.0 Å². The number of hydrogen-bond acceptors (Lipinski definition) is 4. The Balaban J connectivity index is 2.92. The van der Waals surface area contributed by atoms with Crippen molar-refractivity contribution in [2.45, 2.75) is 19.4 Å². The van der Waals surface area contributed by atoms with Gasteiger partial charge in [-0.05, 0) is 12.5 Å². The summed E-state index contributed by atoms with van der Waals surface area (Å²) < 4.78 is 13.2. The number of likely N-dealkylation sites (N-methyl/N-ethyl adjacent to an activating group) is 1. The van der Waals surface area contributed by atoms with Crippen molar-refractivity contribution in [1.29, 1.82) is 0 Å². The summed E-state index contributed by atoms with van der Waals surface area (Å²) in [6.45, 7) is 1.59. The molecule has 0 spiro atoms. The summed E-state index contributed by atoms with van der Waals surface area (Å²) in [4.78, 5) is 33.6. The summed E-state index contributed by atoms with van der Waals surface area (Å²) in [5.74, 6) is -2.06. The number of nitro benzene ring substituents is 1. The second-order valence-corrected chi connectivity index (χ2v) is 4.26. The Hall–Kier alpha value is -2.71. The molecule has 21 heavy (non-hydrogen) atoms. The molecule has 0 fully saturated rings. The summed E-state index contributed by atoms with van der Waals surface area (Å²) in [5, 5.41) is 21.8. The van der Waals surface area contributed by atoms with E-state index in [2.05, 4.69) is 5.32 Å². The van der Waals surface area contributed by atoms with Crippen molar-refractivity contribution < 1.29 is 24.0 Å². The molecule has 1 aromatic rings. The van der Waals surface area contributed by atoms with E-state index < -0.39 is 34.5 Å². The van der Waals surface area contributed by atoms with Crippen LogP contribution in [0.4, 0.5) is 20.6 Å². The third-order valence-electron chi connectivity index (χ3n) is 2.80. The van der Waals surface area contributed by atoms with Crippen LogP contribution in [0.2, 0.25) is 0 Å². The molecule has 8 nitrogen and oxygen atoms in total. The van der Waals surface area contributed by atoms with Gasteiger partial charge in [0.15, 0.2) is 0 Å². The first-order chi connectivity index (χ1) is 9.76. The molecule has 1 unspecified atom stereocenters. The standard InChI is InChI=1S/C12H14FN3O5/c1-3-10(11(17)18)15(2)12(19)14-8-4-7(13)5-9(6-8)16(20)21/h4-6,10H,3H2,1-2H3,(H,14,19)(H,17,18). The molecule has 1 atom stereocenters. The lowest BCUT2D eigenvalue weighted by Crippen LogP contribution is -2.44. The highest BCUT2D eigenvalue weighted by atomic mass is 19.1. The summed E-state index contributed by atoms with van der Waals surface area (Å²) in [6, 6.07) is 0.750. The van der Waals surface area contributed by atoms with Crippen LogP contribution in [0.3, 0.4) is 0 Å². The zero-order valence-corrected chi connectivity index (χ0v) is 11.4. The van der Waals surface area contributed by atoms with E-state index in [9.17, 15) is 24.1 Å². The lowest BCUT2D eigenvalue weighted by Gasteiger charge is -2.23. The Morgan fingerprint density at radius 1 is 1.48 bits per heavy atom. The Kier molecular flexibility index (Phi) is 5.17. The predicted molar refractivity (Wildman–Crippen MR) is 71.6 cm³/mol. The molecule has 114 valence electrons. The molecule has 0 saturated heterocycles. The van der Waals surface area contributed by atoms with Gasteiger partial charge >= 0.3 is 12.0 Å². The maximum absolute atomic E-state index is 13.2. The maximum Gasteiger partial charge on any atom is 0.326 e. The Bertz CT molecular complexity index is 578. The molecular formula is C12H14FN3O5. The zero-order valence-electron chi connectivity index (χ0n) is 11.4. The molecule has 0 aliphatic heterocycles. The van der Waals surface area contributed by atoms with E-state index in [0.29, 0.717) is 6.07 Å². The van der Waals surface area contributed by atoms with Gasteiger partial charge in [-0.1, -0.05) is 6.92 Å². The normalized spacial score (nSPS) is 11.6.